The molecule has 3 rings (SSSR count). The van der Waals surface area contributed by atoms with Crippen molar-refractivity contribution in [3.63, 3.8) is 0 Å². The van der Waals surface area contributed by atoms with Gasteiger partial charge >= 0.3 is 0 Å². The van der Waals surface area contributed by atoms with Crippen LogP contribution in [-0.4, -0.2) is 34.7 Å². The number of imidazole rings is 1. The lowest BCUT2D eigenvalue weighted by Crippen LogP contribution is -2.38. The van der Waals surface area contributed by atoms with Gasteiger partial charge in [-0.05, 0) is 12.1 Å². The Hall–Kier alpha value is -1.99. The number of hydrogen-bond acceptors (Lipinski definition) is 4. The molecule has 0 radical (unpaired) electrons. The van der Waals surface area contributed by atoms with E-state index in [1.165, 1.54) is 4.90 Å². The third-order valence-electron chi connectivity index (χ3n) is 3.21. The zero-order chi connectivity index (χ0) is 15.9. The normalized spacial score (nSPS) is 11.8. The fourth-order valence-electron chi connectivity index (χ4n) is 2.11. The summed E-state index contributed by atoms with van der Waals surface area (Å²) in [5.74, 6) is 1.79. The van der Waals surface area contributed by atoms with E-state index in [-0.39, 0.29) is 0 Å². The molecule has 0 saturated carbocycles. The summed E-state index contributed by atoms with van der Waals surface area (Å²) in [5.41, 5.74) is 1.01. The number of aliphatic imine (C=N–C) groups is 1. The lowest BCUT2D eigenvalue weighted by atomic mass is 10.4. The molecule has 7 heteroatoms. The SMILES string of the molecule is CN=C(NCCSc1ccccc1)NCc1cn2ccsc2n1. The molecule has 0 bridgehead atoms. The topological polar surface area (TPSA) is 53.7 Å². The van der Waals surface area contributed by atoms with Crippen LogP contribution in [0, 0.1) is 0 Å². The van der Waals surface area contributed by atoms with E-state index in [0.717, 1.165) is 28.9 Å². The number of guanidine groups is 1. The van der Waals surface area contributed by atoms with Gasteiger partial charge in [-0.15, -0.1) is 23.1 Å². The molecule has 1 aromatic carbocycles. The number of hydrogen-bond donors (Lipinski definition) is 2. The molecular weight excluding hydrogens is 326 g/mol. The Balaban J connectivity index is 1.40. The maximum Gasteiger partial charge on any atom is 0.193 e. The van der Waals surface area contributed by atoms with Gasteiger partial charge in [0.25, 0.3) is 0 Å². The van der Waals surface area contributed by atoms with Gasteiger partial charge in [-0.3, -0.25) is 9.39 Å². The smallest absolute Gasteiger partial charge is 0.193 e. The molecule has 2 aromatic heterocycles. The minimum absolute atomic E-state index is 0.667. The summed E-state index contributed by atoms with van der Waals surface area (Å²) in [6.07, 6.45) is 4.06. The van der Waals surface area contributed by atoms with Gasteiger partial charge in [-0.2, -0.15) is 0 Å². The van der Waals surface area contributed by atoms with E-state index in [1.54, 1.807) is 18.4 Å². The van der Waals surface area contributed by atoms with Crippen LogP contribution in [0.2, 0.25) is 0 Å². The van der Waals surface area contributed by atoms with Gasteiger partial charge in [0.1, 0.15) is 0 Å². The minimum atomic E-state index is 0.667. The second-order valence-corrected chi connectivity index (χ2v) is 6.88. The highest BCUT2D eigenvalue weighted by Crippen LogP contribution is 2.15. The molecule has 0 amide bonds. The molecule has 0 atom stereocenters. The molecule has 0 saturated heterocycles. The van der Waals surface area contributed by atoms with Crippen molar-refractivity contribution in [2.75, 3.05) is 19.3 Å². The van der Waals surface area contributed by atoms with E-state index >= 15 is 0 Å². The summed E-state index contributed by atoms with van der Waals surface area (Å²) >= 11 is 3.47. The summed E-state index contributed by atoms with van der Waals surface area (Å²) in [6.45, 7) is 1.53. The second-order valence-electron chi connectivity index (χ2n) is 4.84. The van der Waals surface area contributed by atoms with Crippen molar-refractivity contribution in [3.8, 4) is 0 Å². The maximum absolute atomic E-state index is 4.55. The summed E-state index contributed by atoms with van der Waals surface area (Å²) < 4.78 is 2.04. The number of thiazole rings is 1. The van der Waals surface area contributed by atoms with Crippen LogP contribution in [-0.2, 0) is 6.54 Å². The van der Waals surface area contributed by atoms with E-state index in [4.69, 9.17) is 0 Å². The average Bonchev–Trinajstić information content (AvgIpc) is 3.16. The Labute approximate surface area is 143 Å². The van der Waals surface area contributed by atoms with E-state index in [2.05, 4.69) is 44.9 Å². The minimum Gasteiger partial charge on any atom is -0.356 e. The van der Waals surface area contributed by atoms with Gasteiger partial charge in [-0.1, -0.05) is 18.2 Å². The van der Waals surface area contributed by atoms with Crippen molar-refractivity contribution in [2.24, 2.45) is 4.99 Å². The first-order valence-corrected chi connectivity index (χ1v) is 9.25. The number of rotatable bonds is 6. The number of nitrogens with one attached hydrogen (secondary N) is 2. The van der Waals surface area contributed by atoms with Crippen LogP contribution < -0.4 is 10.6 Å². The maximum atomic E-state index is 4.55. The van der Waals surface area contributed by atoms with Crippen LogP contribution in [0.25, 0.3) is 4.96 Å². The molecule has 23 heavy (non-hydrogen) atoms. The highest BCUT2D eigenvalue weighted by molar-refractivity contribution is 7.99. The molecule has 0 unspecified atom stereocenters. The first kappa shape index (κ1) is 15.9. The molecule has 120 valence electrons. The zero-order valence-corrected chi connectivity index (χ0v) is 14.5. The lowest BCUT2D eigenvalue weighted by Gasteiger charge is -2.10. The quantitative estimate of drug-likeness (QED) is 0.312. The van der Waals surface area contributed by atoms with Gasteiger partial charge in [0.05, 0.1) is 12.2 Å². The van der Waals surface area contributed by atoms with Crippen LogP contribution >= 0.6 is 23.1 Å². The van der Waals surface area contributed by atoms with Crippen LogP contribution in [0.4, 0.5) is 0 Å². The van der Waals surface area contributed by atoms with Crippen LogP contribution in [0.1, 0.15) is 5.69 Å². The third kappa shape index (κ3) is 4.49. The molecule has 5 nitrogen and oxygen atoms in total. The Bertz CT molecular complexity index is 734. The van der Waals surface area contributed by atoms with Crippen molar-refractivity contribution in [2.45, 2.75) is 11.4 Å². The second kappa shape index (κ2) is 8.03. The molecule has 3 aromatic rings. The van der Waals surface area contributed by atoms with Crippen LogP contribution in [0.5, 0.6) is 0 Å². The first-order valence-electron chi connectivity index (χ1n) is 7.38. The monoisotopic (exact) mass is 345 g/mol. The van der Waals surface area contributed by atoms with Crippen molar-refractivity contribution in [1.82, 2.24) is 20.0 Å². The van der Waals surface area contributed by atoms with Crippen molar-refractivity contribution >= 4 is 34.0 Å². The predicted octanol–water partition coefficient (Wildman–Crippen LogP) is 2.85. The average molecular weight is 345 g/mol. The van der Waals surface area contributed by atoms with E-state index in [9.17, 15) is 0 Å². The number of nitrogens with zero attached hydrogens (tertiary/aromatic N) is 3. The van der Waals surface area contributed by atoms with Gasteiger partial charge in [-0.25, -0.2) is 4.98 Å². The standard InChI is InChI=1S/C16H19N5S2/c1-17-15(18-7-9-22-14-5-3-2-4-6-14)19-11-13-12-21-8-10-23-16(21)20-13/h2-6,8,10,12H,7,9,11H2,1H3,(H2,17,18,19). The Morgan fingerprint density at radius 2 is 2.17 bits per heavy atom. The summed E-state index contributed by atoms with van der Waals surface area (Å²) in [7, 11) is 1.78. The molecule has 0 aliphatic rings. The highest BCUT2D eigenvalue weighted by Gasteiger charge is 2.03. The third-order valence-corrected chi connectivity index (χ3v) is 4.99. The van der Waals surface area contributed by atoms with Crippen LogP contribution in [0.15, 0.2) is 58.0 Å². The van der Waals surface area contributed by atoms with Gasteiger partial charge in [0.2, 0.25) is 0 Å². The lowest BCUT2D eigenvalue weighted by molar-refractivity contribution is 0.818. The number of thioether (sulfide) groups is 1. The van der Waals surface area contributed by atoms with Gasteiger partial charge < -0.3 is 10.6 Å². The fraction of sp³-hybridized carbons (Fsp3) is 0.250. The molecule has 2 N–H and O–H groups in total. The summed E-state index contributed by atoms with van der Waals surface area (Å²) in [5, 5.41) is 8.65. The van der Waals surface area contributed by atoms with Crippen LogP contribution in [0.3, 0.4) is 0 Å². The van der Waals surface area contributed by atoms with Crippen molar-refractivity contribution in [3.05, 3.63) is 53.8 Å². The van der Waals surface area contributed by atoms with Crippen molar-refractivity contribution in [1.29, 1.82) is 0 Å². The van der Waals surface area contributed by atoms with E-state index in [0.29, 0.717) is 6.54 Å². The molecule has 0 fully saturated rings. The summed E-state index contributed by atoms with van der Waals surface area (Å²) in [6, 6.07) is 10.4. The molecule has 0 aliphatic heterocycles. The fourth-order valence-corrected chi connectivity index (χ4v) is 3.62. The molecule has 2 heterocycles. The zero-order valence-electron chi connectivity index (χ0n) is 12.9. The predicted molar refractivity (Wildman–Crippen MR) is 98.4 cm³/mol. The number of benzene rings is 1. The van der Waals surface area contributed by atoms with Gasteiger partial charge in [0, 0.05) is 42.0 Å². The van der Waals surface area contributed by atoms with Gasteiger partial charge in [0.15, 0.2) is 10.9 Å². The first-order chi connectivity index (χ1) is 11.3. The molecular formula is C16H19N5S2. The van der Waals surface area contributed by atoms with Crippen molar-refractivity contribution < 1.29 is 0 Å². The Morgan fingerprint density at radius 1 is 1.30 bits per heavy atom. The number of aromatic nitrogens is 2. The molecule has 0 aliphatic carbocycles. The summed E-state index contributed by atoms with van der Waals surface area (Å²) in [4.78, 5) is 11.1. The largest absolute Gasteiger partial charge is 0.356 e. The Kier molecular flexibility index (Phi) is 5.55. The van der Waals surface area contributed by atoms with E-state index < -0.39 is 0 Å². The van der Waals surface area contributed by atoms with E-state index in [1.807, 2.05) is 40.0 Å². The Morgan fingerprint density at radius 3 is 2.96 bits per heavy atom. The number of fused-ring (bicyclic) bond motifs is 1. The highest BCUT2D eigenvalue weighted by atomic mass is 32.2. The molecule has 0 spiro atoms.